The number of hydrogen-bond donors (Lipinski definition) is 1. The molecule has 7 nitrogen and oxygen atoms in total. The third-order valence-electron chi connectivity index (χ3n) is 5.15. The number of hydrogen-bond acceptors (Lipinski definition) is 4. The second-order valence-electron chi connectivity index (χ2n) is 7.55. The third-order valence-corrected chi connectivity index (χ3v) is 7.05. The van der Waals surface area contributed by atoms with Crippen molar-refractivity contribution in [1.82, 2.24) is 10.2 Å². The first kappa shape index (κ1) is 27.8. The molecule has 0 aliphatic rings. The molecule has 34 heavy (non-hydrogen) atoms. The lowest BCUT2D eigenvalue weighted by molar-refractivity contribution is -0.140. The topological polar surface area (TPSA) is 86.8 Å². The van der Waals surface area contributed by atoms with Crippen LogP contribution in [0, 0.1) is 11.6 Å². The Balaban J connectivity index is 2.21. The number of likely N-dealkylation sites (N-methyl/N-ethyl adjacent to an activating group) is 1. The van der Waals surface area contributed by atoms with Gasteiger partial charge in [0.2, 0.25) is 21.8 Å². The van der Waals surface area contributed by atoms with Crippen LogP contribution in [0.4, 0.5) is 14.5 Å². The third kappa shape index (κ3) is 7.04. The normalized spacial score (nSPS) is 12.2. The minimum Gasteiger partial charge on any atom is -0.357 e. The van der Waals surface area contributed by atoms with Crippen LogP contribution >= 0.6 is 23.2 Å². The molecule has 0 heterocycles. The molecule has 2 aromatic carbocycles. The van der Waals surface area contributed by atoms with Crippen LogP contribution in [0.1, 0.15) is 25.3 Å². The van der Waals surface area contributed by atoms with Gasteiger partial charge in [-0.2, -0.15) is 0 Å². The molecule has 0 unspecified atom stereocenters. The molecule has 1 atom stereocenters. The predicted octanol–water partition coefficient (Wildman–Crippen LogP) is 3.98. The number of nitrogens with zero attached hydrogens (tertiary/aromatic N) is 2. The van der Waals surface area contributed by atoms with Crippen LogP contribution in [0.3, 0.4) is 0 Å². The summed E-state index contributed by atoms with van der Waals surface area (Å²) in [6.07, 6.45) is 0.854. The first-order chi connectivity index (χ1) is 15.9. The summed E-state index contributed by atoms with van der Waals surface area (Å²) in [6, 6.07) is 6.76. The first-order valence-electron chi connectivity index (χ1n) is 10.2. The SMILES string of the molecule is CNC(=O)[C@@H](C)N(Cc1c(Cl)cccc1Cl)C(=O)CCCN(c1ccc(F)c(F)c1)S(C)(=O)=O. The van der Waals surface area contributed by atoms with Crippen molar-refractivity contribution in [3.63, 3.8) is 0 Å². The highest BCUT2D eigenvalue weighted by Crippen LogP contribution is 2.27. The number of carbonyl (C=O) groups excluding carboxylic acids is 2. The van der Waals surface area contributed by atoms with Crippen molar-refractivity contribution in [1.29, 1.82) is 0 Å². The van der Waals surface area contributed by atoms with Crippen molar-refractivity contribution in [3.8, 4) is 0 Å². The Bertz CT molecular complexity index is 1140. The van der Waals surface area contributed by atoms with Gasteiger partial charge in [0.05, 0.1) is 11.9 Å². The fraction of sp³-hybridized carbons (Fsp3) is 0.364. The zero-order valence-corrected chi connectivity index (χ0v) is 21.1. The van der Waals surface area contributed by atoms with E-state index >= 15 is 0 Å². The van der Waals surface area contributed by atoms with Crippen molar-refractivity contribution in [3.05, 3.63) is 63.6 Å². The Labute approximate surface area is 207 Å². The van der Waals surface area contributed by atoms with E-state index in [1.54, 1.807) is 25.1 Å². The van der Waals surface area contributed by atoms with Gasteiger partial charge in [-0.25, -0.2) is 17.2 Å². The van der Waals surface area contributed by atoms with E-state index in [-0.39, 0.29) is 31.6 Å². The molecule has 2 amide bonds. The van der Waals surface area contributed by atoms with Gasteiger partial charge in [0.1, 0.15) is 6.04 Å². The maximum Gasteiger partial charge on any atom is 0.242 e. The molecule has 0 saturated carbocycles. The summed E-state index contributed by atoms with van der Waals surface area (Å²) < 4.78 is 52.2. The molecule has 1 N–H and O–H groups in total. The number of carbonyl (C=O) groups is 2. The van der Waals surface area contributed by atoms with Crippen LogP contribution in [-0.4, -0.2) is 51.0 Å². The van der Waals surface area contributed by atoms with Crippen molar-refractivity contribution in [2.45, 2.75) is 32.4 Å². The van der Waals surface area contributed by atoms with Crippen molar-refractivity contribution in [2.75, 3.05) is 24.2 Å². The minimum atomic E-state index is -3.84. The summed E-state index contributed by atoms with van der Waals surface area (Å²) in [5, 5.41) is 3.15. The largest absolute Gasteiger partial charge is 0.357 e. The molecule has 0 aromatic heterocycles. The van der Waals surface area contributed by atoms with Crippen LogP contribution in [0.2, 0.25) is 10.0 Å². The van der Waals surface area contributed by atoms with Crippen LogP contribution in [0.15, 0.2) is 36.4 Å². The summed E-state index contributed by atoms with van der Waals surface area (Å²) in [7, 11) is -2.40. The van der Waals surface area contributed by atoms with Crippen LogP contribution in [-0.2, 0) is 26.2 Å². The summed E-state index contributed by atoms with van der Waals surface area (Å²) in [5.41, 5.74) is 0.404. The Hall–Kier alpha value is -2.43. The minimum absolute atomic E-state index is 0.0368. The average molecular weight is 536 g/mol. The maximum atomic E-state index is 13.6. The van der Waals surface area contributed by atoms with E-state index < -0.39 is 39.5 Å². The van der Waals surface area contributed by atoms with Gasteiger partial charge in [-0.1, -0.05) is 29.3 Å². The lowest BCUT2D eigenvalue weighted by Crippen LogP contribution is -2.47. The quantitative estimate of drug-likeness (QED) is 0.498. The van der Waals surface area contributed by atoms with Gasteiger partial charge in [0.25, 0.3) is 0 Å². The van der Waals surface area contributed by atoms with E-state index in [9.17, 15) is 26.8 Å². The monoisotopic (exact) mass is 535 g/mol. The molecule has 0 spiro atoms. The first-order valence-corrected chi connectivity index (χ1v) is 12.8. The molecule has 0 fully saturated rings. The van der Waals surface area contributed by atoms with Gasteiger partial charge < -0.3 is 10.2 Å². The zero-order valence-electron chi connectivity index (χ0n) is 18.8. The van der Waals surface area contributed by atoms with Crippen molar-refractivity contribution < 1.29 is 26.8 Å². The highest BCUT2D eigenvalue weighted by Gasteiger charge is 2.27. The number of anilines is 1. The molecule has 2 aromatic rings. The number of nitrogens with one attached hydrogen (secondary N) is 1. The van der Waals surface area contributed by atoms with E-state index in [1.807, 2.05) is 0 Å². The summed E-state index contributed by atoms with van der Waals surface area (Å²) in [6.45, 7) is 1.35. The van der Waals surface area contributed by atoms with Gasteiger partial charge in [-0.05, 0) is 37.6 Å². The highest BCUT2D eigenvalue weighted by atomic mass is 35.5. The molecule has 186 valence electrons. The molecule has 12 heteroatoms. The molecule has 0 aliphatic heterocycles. The maximum absolute atomic E-state index is 13.6. The number of benzene rings is 2. The molecule has 0 radical (unpaired) electrons. The molecule has 0 aliphatic carbocycles. The number of amides is 2. The lowest BCUT2D eigenvalue weighted by Gasteiger charge is -2.29. The van der Waals surface area contributed by atoms with E-state index in [1.165, 1.54) is 11.9 Å². The van der Waals surface area contributed by atoms with Crippen molar-refractivity contribution >= 4 is 50.7 Å². The van der Waals surface area contributed by atoms with E-state index in [0.29, 0.717) is 15.6 Å². The number of halogens is 4. The Morgan fingerprint density at radius 3 is 2.24 bits per heavy atom. The molecule has 0 saturated heterocycles. The van der Waals surface area contributed by atoms with Gasteiger partial charge in [-0.15, -0.1) is 0 Å². The summed E-state index contributed by atoms with van der Waals surface area (Å²) in [4.78, 5) is 26.6. The average Bonchev–Trinajstić information content (AvgIpc) is 2.76. The van der Waals surface area contributed by atoms with E-state index in [0.717, 1.165) is 28.8 Å². The Morgan fingerprint density at radius 1 is 1.09 bits per heavy atom. The fourth-order valence-electron chi connectivity index (χ4n) is 3.29. The number of rotatable bonds is 10. The van der Waals surface area contributed by atoms with Gasteiger partial charge in [0.15, 0.2) is 11.6 Å². The van der Waals surface area contributed by atoms with E-state index in [2.05, 4.69) is 5.32 Å². The highest BCUT2D eigenvalue weighted by molar-refractivity contribution is 7.92. The van der Waals surface area contributed by atoms with Gasteiger partial charge in [-0.3, -0.25) is 13.9 Å². The van der Waals surface area contributed by atoms with Gasteiger partial charge >= 0.3 is 0 Å². The predicted molar refractivity (Wildman–Crippen MR) is 128 cm³/mol. The Kier molecular flexibility index (Phi) is 9.66. The summed E-state index contributed by atoms with van der Waals surface area (Å²) >= 11 is 12.5. The second-order valence-corrected chi connectivity index (χ2v) is 10.3. The standard InChI is InChI=1S/C22H25Cl2F2N3O4S/c1-14(22(31)27-2)28(13-16-17(23)6-4-7-18(16)24)21(30)8-5-11-29(34(3,32)33)15-9-10-19(25)20(26)12-15/h4,6-7,9-10,12,14H,5,8,11,13H2,1-3H3,(H,27,31)/t14-/m1/s1. The number of sulfonamides is 1. The molecule has 2 rings (SSSR count). The van der Waals surface area contributed by atoms with Gasteiger partial charge in [0, 0.05) is 48.2 Å². The van der Waals surface area contributed by atoms with Crippen LogP contribution < -0.4 is 9.62 Å². The second kappa shape index (κ2) is 11.8. The smallest absolute Gasteiger partial charge is 0.242 e. The fourth-order valence-corrected chi connectivity index (χ4v) is 4.76. The Morgan fingerprint density at radius 2 is 1.71 bits per heavy atom. The van der Waals surface area contributed by atoms with Crippen LogP contribution in [0.25, 0.3) is 0 Å². The molecule has 0 bridgehead atoms. The summed E-state index contributed by atoms with van der Waals surface area (Å²) in [5.74, 6) is -3.14. The van der Waals surface area contributed by atoms with Crippen LogP contribution in [0.5, 0.6) is 0 Å². The molecular formula is C22H25Cl2F2N3O4S. The van der Waals surface area contributed by atoms with Crippen molar-refractivity contribution in [2.24, 2.45) is 0 Å². The van der Waals surface area contributed by atoms with E-state index in [4.69, 9.17) is 23.2 Å². The molecular weight excluding hydrogens is 511 g/mol. The zero-order chi connectivity index (χ0) is 25.6. The lowest BCUT2D eigenvalue weighted by atomic mass is 10.1.